The van der Waals surface area contributed by atoms with Gasteiger partial charge in [0.25, 0.3) is 0 Å². The summed E-state index contributed by atoms with van der Waals surface area (Å²) in [6.45, 7) is 0. The zero-order chi connectivity index (χ0) is 9.00. The number of halogens is 8. The van der Waals surface area contributed by atoms with Crippen LogP contribution < -0.4 is 0 Å². The van der Waals surface area contributed by atoms with Gasteiger partial charge in [0.2, 0.25) is 0 Å². The Morgan fingerprint density at radius 1 is 0.353 bits per heavy atom. The molecule has 0 bridgehead atoms. The molecule has 0 aliphatic rings. The van der Waals surface area contributed by atoms with Gasteiger partial charge < -0.3 is 67.4 Å². The van der Waals surface area contributed by atoms with Crippen molar-refractivity contribution >= 4 is 14.5 Å². The first-order chi connectivity index (χ1) is 4.00. The van der Waals surface area contributed by atoms with Crippen LogP contribution in [-0.4, -0.2) is 47.4 Å². The smallest absolute Gasteiger partial charge is 0.418 e. The molecule has 0 amide bonds. The summed E-state index contributed by atoms with van der Waals surface area (Å²) in [5, 5.41) is 0. The molecule has 0 spiro atoms. The molecule has 0 atom stereocenters. The van der Waals surface area contributed by atoms with Gasteiger partial charge in [-0.25, -0.2) is 0 Å². The molecule has 119 valence electrons. The van der Waals surface area contributed by atoms with E-state index in [1.807, 2.05) is 0 Å². The van der Waals surface area contributed by atoms with Crippen LogP contribution in [0.1, 0.15) is 0 Å². The third kappa shape index (κ3) is 113000. The second-order valence-corrected chi connectivity index (χ2v) is 0.990. The van der Waals surface area contributed by atoms with Crippen LogP contribution in [0.3, 0.4) is 0 Å². The van der Waals surface area contributed by atoms with Gasteiger partial charge in [-0.05, 0) is 0 Å². The van der Waals surface area contributed by atoms with E-state index in [9.17, 15) is 34.5 Å². The van der Waals surface area contributed by atoms with E-state index >= 15 is 0 Å². The quantitative estimate of drug-likeness (QED) is 0.337. The second kappa shape index (κ2) is 24.9. The maximum absolute atomic E-state index is 9.75. The van der Waals surface area contributed by atoms with E-state index in [0.717, 1.165) is 0 Å². The molecule has 0 saturated carbocycles. The van der Waals surface area contributed by atoms with Crippen LogP contribution in [0.5, 0.6) is 0 Å². The molecule has 0 fully saturated rings. The summed E-state index contributed by atoms with van der Waals surface area (Å²) < 4.78 is 78.0. The van der Waals surface area contributed by atoms with Crippen molar-refractivity contribution < 1.29 is 84.2 Å². The second-order valence-electron chi connectivity index (χ2n) is 0.990. The van der Waals surface area contributed by atoms with Crippen LogP contribution in [0.4, 0.5) is 34.5 Å². The van der Waals surface area contributed by atoms with Gasteiger partial charge in [-0.2, -0.15) is 0 Å². The molecule has 0 heterocycles. The van der Waals surface area contributed by atoms with Crippen molar-refractivity contribution in [1.82, 2.24) is 0 Å². The SMILES string of the molecule is F[B-](F)(F)F.F[B-](F)(F)F.O.O.O.O.O.O.[Co+2]. The molecule has 0 aromatic rings. The Morgan fingerprint density at radius 2 is 0.353 bits per heavy atom. The Kier molecular flexibility index (Phi) is 101. The fraction of sp³-hybridized carbons (Fsp3) is 0. The van der Waals surface area contributed by atoms with Crippen molar-refractivity contribution in [2.45, 2.75) is 0 Å². The summed E-state index contributed by atoms with van der Waals surface area (Å²) in [6.07, 6.45) is 0. The van der Waals surface area contributed by atoms with Crippen molar-refractivity contribution in [3.63, 3.8) is 0 Å². The van der Waals surface area contributed by atoms with Gasteiger partial charge in [-0.1, -0.05) is 0 Å². The van der Waals surface area contributed by atoms with E-state index in [4.69, 9.17) is 0 Å². The summed E-state index contributed by atoms with van der Waals surface area (Å²) in [5.74, 6) is 0. The zero-order valence-corrected chi connectivity index (χ0v) is 8.55. The fourth-order valence-corrected chi connectivity index (χ4v) is 0. The van der Waals surface area contributed by atoms with E-state index < -0.39 is 14.5 Å². The molecule has 0 rings (SSSR count). The number of rotatable bonds is 0. The zero-order valence-electron chi connectivity index (χ0n) is 7.51. The molecule has 0 aromatic heterocycles. The first-order valence-electron chi connectivity index (χ1n) is 1.75. The van der Waals surface area contributed by atoms with Crippen LogP contribution in [0.25, 0.3) is 0 Å². The maximum Gasteiger partial charge on any atom is 2.00 e. The van der Waals surface area contributed by atoms with Gasteiger partial charge in [0.1, 0.15) is 0 Å². The third-order valence-corrected chi connectivity index (χ3v) is 0. The Labute approximate surface area is 99.6 Å². The summed E-state index contributed by atoms with van der Waals surface area (Å²) in [6, 6.07) is 0. The standard InChI is InChI=1S/2BF4.Co.6H2O/c2*2-1(3,4)5;;;;;;;/h;;;6*1H2/q2*-1;+2;;;;;;. The van der Waals surface area contributed by atoms with Crippen LogP contribution in [-0.2, 0) is 16.8 Å². The van der Waals surface area contributed by atoms with E-state index in [-0.39, 0.29) is 49.6 Å². The van der Waals surface area contributed by atoms with Crippen LogP contribution in [0.2, 0.25) is 0 Å². The van der Waals surface area contributed by atoms with Gasteiger partial charge in [0, 0.05) is 0 Å². The van der Waals surface area contributed by atoms with E-state index in [2.05, 4.69) is 0 Å². The minimum Gasteiger partial charge on any atom is -0.418 e. The molecule has 0 unspecified atom stereocenters. The molecular weight excluding hydrogens is 329 g/mol. The first-order valence-corrected chi connectivity index (χ1v) is 1.75. The van der Waals surface area contributed by atoms with Crippen LogP contribution in [0, 0.1) is 0 Å². The molecule has 17 heteroatoms. The molecular formula is H12B2CoF8O6. The minimum atomic E-state index is -6.00. The maximum atomic E-state index is 9.75. The average Bonchev–Trinajstić information content (AvgIpc) is 1.12. The molecule has 12 N–H and O–H groups in total. The molecule has 0 saturated heterocycles. The van der Waals surface area contributed by atoms with Gasteiger partial charge in [0.15, 0.2) is 0 Å². The van der Waals surface area contributed by atoms with E-state index in [0.29, 0.717) is 0 Å². The summed E-state index contributed by atoms with van der Waals surface area (Å²) in [5.41, 5.74) is 0. The normalized spacial score (nSPS) is 7.06. The Hall–Kier alpha value is -0.164. The van der Waals surface area contributed by atoms with Crippen LogP contribution >= 0.6 is 0 Å². The molecule has 0 aromatic carbocycles. The largest absolute Gasteiger partial charge is 2.00 e. The monoisotopic (exact) mass is 341 g/mol. The van der Waals surface area contributed by atoms with Crippen molar-refractivity contribution in [3.8, 4) is 0 Å². The summed E-state index contributed by atoms with van der Waals surface area (Å²) >= 11 is 0. The summed E-state index contributed by atoms with van der Waals surface area (Å²) in [4.78, 5) is 0. The van der Waals surface area contributed by atoms with Crippen molar-refractivity contribution in [2.75, 3.05) is 0 Å². The molecule has 0 aliphatic carbocycles. The van der Waals surface area contributed by atoms with Gasteiger partial charge in [0.05, 0.1) is 0 Å². The average molecular weight is 341 g/mol. The first kappa shape index (κ1) is 68.8. The van der Waals surface area contributed by atoms with Crippen LogP contribution in [0.15, 0.2) is 0 Å². The fourth-order valence-electron chi connectivity index (χ4n) is 0. The van der Waals surface area contributed by atoms with Gasteiger partial charge >= 0.3 is 31.3 Å². The minimum absolute atomic E-state index is 0. The predicted octanol–water partition coefficient (Wildman–Crippen LogP) is -2.35. The number of hydrogen-bond donors (Lipinski definition) is 0. The van der Waals surface area contributed by atoms with Gasteiger partial charge in [-0.3, -0.25) is 0 Å². The van der Waals surface area contributed by atoms with Gasteiger partial charge in [-0.15, -0.1) is 0 Å². The predicted molar refractivity (Wildman–Crippen MR) is 42.1 cm³/mol. The topological polar surface area (TPSA) is 189 Å². The Morgan fingerprint density at radius 3 is 0.353 bits per heavy atom. The van der Waals surface area contributed by atoms with Crippen molar-refractivity contribution in [2.24, 2.45) is 0 Å². The summed E-state index contributed by atoms with van der Waals surface area (Å²) in [7, 11) is -12.0. The molecule has 1 radical (unpaired) electrons. The van der Waals surface area contributed by atoms with Crippen molar-refractivity contribution in [1.29, 1.82) is 0 Å². The molecule has 6 nitrogen and oxygen atoms in total. The Balaban J connectivity index is -0.00000000762. The van der Waals surface area contributed by atoms with Crippen molar-refractivity contribution in [3.05, 3.63) is 0 Å². The molecule has 17 heavy (non-hydrogen) atoms. The third-order valence-electron chi connectivity index (χ3n) is 0. The molecule has 0 aliphatic heterocycles. The Bertz CT molecular complexity index is 71.0. The number of hydrogen-bond acceptors (Lipinski definition) is 0. The van der Waals surface area contributed by atoms with E-state index in [1.165, 1.54) is 0 Å². The van der Waals surface area contributed by atoms with E-state index in [1.54, 1.807) is 0 Å².